The van der Waals surface area contributed by atoms with Gasteiger partial charge in [0.05, 0.1) is 14.2 Å². The summed E-state index contributed by atoms with van der Waals surface area (Å²) >= 11 is 0. The molecule has 0 bridgehead atoms. The van der Waals surface area contributed by atoms with Crippen molar-refractivity contribution in [3.8, 4) is 11.5 Å². The van der Waals surface area contributed by atoms with Gasteiger partial charge in [0.25, 0.3) is 0 Å². The largest absolute Gasteiger partial charge is 0.493 e. The molecular weight excluding hydrogens is 302 g/mol. The number of hydrogen-bond donors (Lipinski definition) is 1. The van der Waals surface area contributed by atoms with Crippen LogP contribution in [0.2, 0.25) is 0 Å². The third kappa shape index (κ3) is 4.75. The number of benzene rings is 2. The van der Waals surface area contributed by atoms with Crippen molar-refractivity contribution in [1.29, 1.82) is 0 Å². The van der Waals surface area contributed by atoms with Crippen LogP contribution in [0.1, 0.15) is 23.1 Å². The molecule has 1 amide bonds. The van der Waals surface area contributed by atoms with E-state index in [4.69, 9.17) is 9.47 Å². The van der Waals surface area contributed by atoms with E-state index in [0.717, 1.165) is 12.0 Å². The summed E-state index contributed by atoms with van der Waals surface area (Å²) < 4.78 is 10.7. The lowest BCUT2D eigenvalue weighted by molar-refractivity contribution is -0.121. The Kier molecular flexibility index (Phi) is 6.67. The van der Waals surface area contributed by atoms with E-state index < -0.39 is 0 Å². The number of carbonyl (C=O) groups is 1. The molecule has 4 nitrogen and oxygen atoms in total. The number of hydrogen-bond acceptors (Lipinski definition) is 3. The van der Waals surface area contributed by atoms with Crippen LogP contribution >= 0.6 is 0 Å². The number of ether oxygens (including phenoxy) is 2. The van der Waals surface area contributed by atoms with Gasteiger partial charge in [-0.3, -0.25) is 4.79 Å². The van der Waals surface area contributed by atoms with Gasteiger partial charge in [0, 0.05) is 13.0 Å². The summed E-state index contributed by atoms with van der Waals surface area (Å²) in [6, 6.07) is 14.0. The van der Waals surface area contributed by atoms with Crippen molar-refractivity contribution < 1.29 is 14.3 Å². The number of nitrogens with one attached hydrogen (secondary N) is 1. The second kappa shape index (κ2) is 8.96. The van der Waals surface area contributed by atoms with Crippen molar-refractivity contribution in [2.75, 3.05) is 20.8 Å². The minimum absolute atomic E-state index is 0.0495. The Morgan fingerprint density at radius 2 is 1.71 bits per heavy atom. The van der Waals surface area contributed by atoms with E-state index in [1.807, 2.05) is 30.3 Å². The summed E-state index contributed by atoms with van der Waals surface area (Å²) in [7, 11) is 3.23. The number of aryl methyl sites for hydroxylation is 2. The lowest BCUT2D eigenvalue weighted by atomic mass is 10.1. The van der Waals surface area contributed by atoms with E-state index in [1.165, 1.54) is 11.1 Å². The Labute approximate surface area is 143 Å². The zero-order valence-corrected chi connectivity index (χ0v) is 14.6. The van der Waals surface area contributed by atoms with Gasteiger partial charge < -0.3 is 14.8 Å². The third-order valence-electron chi connectivity index (χ3n) is 4.08. The summed E-state index contributed by atoms with van der Waals surface area (Å²) in [6.45, 7) is 2.74. The van der Waals surface area contributed by atoms with Gasteiger partial charge in [-0.25, -0.2) is 0 Å². The molecule has 128 valence electrons. The molecule has 0 aliphatic carbocycles. The first-order valence-electron chi connectivity index (χ1n) is 8.16. The van der Waals surface area contributed by atoms with Crippen molar-refractivity contribution in [3.05, 3.63) is 59.2 Å². The summed E-state index contributed by atoms with van der Waals surface area (Å²) in [4.78, 5) is 12.1. The minimum atomic E-state index is 0.0495. The van der Waals surface area contributed by atoms with Crippen LogP contribution in [0.4, 0.5) is 0 Å². The number of carbonyl (C=O) groups excluding carboxylic acids is 1. The zero-order valence-electron chi connectivity index (χ0n) is 14.6. The van der Waals surface area contributed by atoms with Gasteiger partial charge in [0.1, 0.15) is 0 Å². The highest BCUT2D eigenvalue weighted by molar-refractivity contribution is 5.76. The molecule has 24 heavy (non-hydrogen) atoms. The molecule has 0 heterocycles. The van der Waals surface area contributed by atoms with Crippen molar-refractivity contribution in [2.24, 2.45) is 0 Å². The van der Waals surface area contributed by atoms with E-state index in [1.54, 1.807) is 14.2 Å². The topological polar surface area (TPSA) is 47.6 Å². The van der Waals surface area contributed by atoms with Crippen LogP contribution in [0.3, 0.4) is 0 Å². The summed E-state index contributed by atoms with van der Waals surface area (Å²) in [5.41, 5.74) is 3.51. The Hall–Kier alpha value is -2.49. The fourth-order valence-electron chi connectivity index (χ4n) is 2.71. The molecule has 1 N–H and O–H groups in total. The first-order chi connectivity index (χ1) is 11.7. The normalized spacial score (nSPS) is 10.3. The molecule has 2 aromatic carbocycles. The summed E-state index contributed by atoms with van der Waals surface area (Å²) in [6.07, 6.45) is 1.90. The molecule has 0 aliphatic heterocycles. The highest BCUT2D eigenvalue weighted by atomic mass is 16.5. The number of rotatable bonds is 8. The van der Waals surface area contributed by atoms with Gasteiger partial charge in [0.2, 0.25) is 5.91 Å². The monoisotopic (exact) mass is 327 g/mol. The predicted molar refractivity (Wildman–Crippen MR) is 95.8 cm³/mol. The third-order valence-corrected chi connectivity index (χ3v) is 4.08. The number of methoxy groups -OCH3 is 2. The molecule has 0 unspecified atom stereocenters. The SMILES string of the molecule is COc1cccc(CCC(=O)NCCc2ccccc2C)c1OC. The lowest BCUT2D eigenvalue weighted by Crippen LogP contribution is -2.26. The van der Waals surface area contributed by atoms with Gasteiger partial charge in [-0.1, -0.05) is 36.4 Å². The van der Waals surface area contributed by atoms with Gasteiger partial charge >= 0.3 is 0 Å². The fourth-order valence-corrected chi connectivity index (χ4v) is 2.71. The Morgan fingerprint density at radius 1 is 0.958 bits per heavy atom. The van der Waals surface area contributed by atoms with Crippen LogP contribution in [0.5, 0.6) is 11.5 Å². The Morgan fingerprint density at radius 3 is 2.42 bits per heavy atom. The molecule has 0 aliphatic rings. The molecule has 0 atom stereocenters. The van der Waals surface area contributed by atoms with E-state index in [-0.39, 0.29) is 5.91 Å². The minimum Gasteiger partial charge on any atom is -0.493 e. The quantitative estimate of drug-likeness (QED) is 0.809. The van der Waals surface area contributed by atoms with Crippen LogP contribution in [-0.4, -0.2) is 26.7 Å². The van der Waals surface area contributed by atoms with Crippen molar-refractivity contribution in [3.63, 3.8) is 0 Å². The highest BCUT2D eigenvalue weighted by Gasteiger charge is 2.11. The molecule has 0 saturated heterocycles. The van der Waals surface area contributed by atoms with Crippen LogP contribution in [0.15, 0.2) is 42.5 Å². The van der Waals surface area contributed by atoms with Crippen molar-refractivity contribution in [2.45, 2.75) is 26.2 Å². The molecular formula is C20H25NO3. The molecule has 0 fully saturated rings. The van der Waals surface area contributed by atoms with Crippen LogP contribution < -0.4 is 14.8 Å². The first kappa shape index (κ1) is 17.9. The maximum atomic E-state index is 12.1. The average Bonchev–Trinajstić information content (AvgIpc) is 2.61. The van der Waals surface area contributed by atoms with Gasteiger partial charge in [-0.15, -0.1) is 0 Å². The summed E-state index contributed by atoms with van der Waals surface area (Å²) in [5, 5.41) is 2.98. The van der Waals surface area contributed by atoms with E-state index in [9.17, 15) is 4.79 Å². The average molecular weight is 327 g/mol. The standard InChI is InChI=1S/C20H25NO3/c1-15-7-4-5-8-16(15)13-14-21-19(22)12-11-17-9-6-10-18(23-2)20(17)24-3/h4-10H,11-14H2,1-3H3,(H,21,22). The molecule has 4 heteroatoms. The maximum absolute atomic E-state index is 12.1. The molecule has 2 aromatic rings. The van der Waals surface area contributed by atoms with Gasteiger partial charge in [-0.05, 0) is 42.5 Å². The smallest absolute Gasteiger partial charge is 0.220 e. The van der Waals surface area contributed by atoms with Crippen LogP contribution in [0.25, 0.3) is 0 Å². The predicted octanol–water partition coefficient (Wildman–Crippen LogP) is 3.30. The lowest BCUT2D eigenvalue weighted by Gasteiger charge is -2.12. The van der Waals surface area contributed by atoms with E-state index >= 15 is 0 Å². The van der Waals surface area contributed by atoms with Crippen LogP contribution in [-0.2, 0) is 17.6 Å². The first-order valence-corrected chi connectivity index (χ1v) is 8.16. The highest BCUT2D eigenvalue weighted by Crippen LogP contribution is 2.31. The zero-order chi connectivity index (χ0) is 17.4. The molecule has 0 saturated carbocycles. The van der Waals surface area contributed by atoms with E-state index in [2.05, 4.69) is 24.4 Å². The Bertz CT molecular complexity index is 682. The molecule has 0 aromatic heterocycles. The molecule has 2 rings (SSSR count). The number of amides is 1. The fraction of sp³-hybridized carbons (Fsp3) is 0.350. The van der Waals surface area contributed by atoms with Gasteiger partial charge in [0.15, 0.2) is 11.5 Å². The molecule has 0 spiro atoms. The molecule has 0 radical (unpaired) electrons. The maximum Gasteiger partial charge on any atom is 0.220 e. The van der Waals surface area contributed by atoms with Crippen LogP contribution in [0, 0.1) is 6.92 Å². The van der Waals surface area contributed by atoms with Gasteiger partial charge in [-0.2, -0.15) is 0 Å². The summed E-state index contributed by atoms with van der Waals surface area (Å²) in [5.74, 6) is 1.44. The number of para-hydroxylation sites is 1. The van der Waals surface area contributed by atoms with Crippen molar-refractivity contribution in [1.82, 2.24) is 5.32 Å². The van der Waals surface area contributed by atoms with E-state index in [0.29, 0.717) is 30.9 Å². The second-order valence-electron chi connectivity index (χ2n) is 5.68. The Balaban J connectivity index is 1.82. The van der Waals surface area contributed by atoms with Crippen molar-refractivity contribution >= 4 is 5.91 Å². The second-order valence-corrected chi connectivity index (χ2v) is 5.68.